The molecule has 0 spiro atoms. The Kier molecular flexibility index (Phi) is 5.82. The van der Waals surface area contributed by atoms with Gasteiger partial charge in [-0.3, -0.25) is 9.59 Å². The molecule has 0 aromatic heterocycles. The lowest BCUT2D eigenvalue weighted by atomic mass is 10.1. The standard InChI is InChI=1S/C25H22N2O3S/c1-16-8-7-11-21(17(16)2)26-22-23(31-20-9-5-4-6-10-20)25(29)27(24(22)28)18-12-14-19(30-3)15-13-18/h4-15,26H,1-3H3. The zero-order valence-electron chi connectivity index (χ0n) is 17.5. The number of hydrogen-bond donors (Lipinski definition) is 1. The number of rotatable bonds is 6. The van der Waals surface area contributed by atoms with Gasteiger partial charge in [0.1, 0.15) is 16.4 Å². The number of benzene rings is 3. The van der Waals surface area contributed by atoms with Crippen molar-refractivity contribution in [2.75, 3.05) is 17.3 Å². The summed E-state index contributed by atoms with van der Waals surface area (Å²) in [7, 11) is 1.57. The molecule has 1 aliphatic rings. The van der Waals surface area contributed by atoms with Gasteiger partial charge in [-0.2, -0.15) is 0 Å². The first kappa shape index (κ1) is 20.8. The third-order valence-corrected chi connectivity index (χ3v) is 6.29. The number of nitrogens with zero attached hydrogens (tertiary/aromatic N) is 1. The van der Waals surface area contributed by atoms with Crippen molar-refractivity contribution in [3.63, 3.8) is 0 Å². The largest absolute Gasteiger partial charge is 0.497 e. The quantitative estimate of drug-likeness (QED) is 0.538. The summed E-state index contributed by atoms with van der Waals surface area (Å²) in [6.07, 6.45) is 0. The van der Waals surface area contributed by atoms with Gasteiger partial charge in [-0.1, -0.05) is 42.1 Å². The minimum atomic E-state index is -0.380. The van der Waals surface area contributed by atoms with E-state index in [0.29, 0.717) is 16.3 Å². The molecule has 1 aliphatic heterocycles. The van der Waals surface area contributed by atoms with E-state index in [1.165, 1.54) is 16.7 Å². The number of imide groups is 1. The Morgan fingerprint density at radius 3 is 2.23 bits per heavy atom. The number of ether oxygens (including phenoxy) is 1. The van der Waals surface area contributed by atoms with Crippen molar-refractivity contribution in [3.8, 4) is 5.75 Å². The number of nitrogens with one attached hydrogen (secondary N) is 1. The Hall–Kier alpha value is -3.51. The molecule has 5 nitrogen and oxygen atoms in total. The van der Waals surface area contributed by atoms with E-state index in [4.69, 9.17) is 4.74 Å². The fraction of sp³-hybridized carbons (Fsp3) is 0.120. The predicted octanol–water partition coefficient (Wildman–Crippen LogP) is 5.30. The molecular formula is C25H22N2O3S. The first-order chi connectivity index (χ1) is 15.0. The number of carbonyl (C=O) groups is 2. The van der Waals surface area contributed by atoms with E-state index in [0.717, 1.165) is 21.7 Å². The molecular weight excluding hydrogens is 408 g/mol. The first-order valence-corrected chi connectivity index (χ1v) is 10.6. The van der Waals surface area contributed by atoms with Gasteiger partial charge in [0.2, 0.25) is 0 Å². The first-order valence-electron chi connectivity index (χ1n) is 9.83. The summed E-state index contributed by atoms with van der Waals surface area (Å²) in [6, 6.07) is 22.3. The molecule has 0 saturated carbocycles. The Morgan fingerprint density at radius 2 is 1.55 bits per heavy atom. The maximum absolute atomic E-state index is 13.4. The molecule has 3 aromatic rings. The van der Waals surface area contributed by atoms with Crippen molar-refractivity contribution in [2.45, 2.75) is 18.7 Å². The Balaban J connectivity index is 1.75. The van der Waals surface area contributed by atoms with E-state index in [2.05, 4.69) is 5.32 Å². The summed E-state index contributed by atoms with van der Waals surface area (Å²) in [5.74, 6) is -0.0743. The van der Waals surface area contributed by atoms with Crippen molar-refractivity contribution < 1.29 is 14.3 Å². The van der Waals surface area contributed by atoms with E-state index in [1.54, 1.807) is 31.4 Å². The topological polar surface area (TPSA) is 58.6 Å². The molecule has 156 valence electrons. The lowest BCUT2D eigenvalue weighted by Crippen LogP contribution is -2.32. The van der Waals surface area contributed by atoms with Gasteiger partial charge < -0.3 is 10.1 Å². The van der Waals surface area contributed by atoms with Crippen LogP contribution in [0.5, 0.6) is 5.75 Å². The van der Waals surface area contributed by atoms with Crippen LogP contribution in [0.25, 0.3) is 0 Å². The third-order valence-electron chi connectivity index (χ3n) is 5.20. The van der Waals surface area contributed by atoms with Crippen molar-refractivity contribution in [1.29, 1.82) is 0 Å². The fourth-order valence-electron chi connectivity index (χ4n) is 3.31. The average molecular weight is 431 g/mol. The van der Waals surface area contributed by atoms with Crippen LogP contribution in [0.3, 0.4) is 0 Å². The van der Waals surface area contributed by atoms with Crippen LogP contribution in [0.15, 0.2) is 88.3 Å². The predicted molar refractivity (Wildman–Crippen MR) is 124 cm³/mol. The van der Waals surface area contributed by atoms with Crippen LogP contribution < -0.4 is 15.0 Å². The van der Waals surface area contributed by atoms with Crippen LogP contribution in [0.4, 0.5) is 11.4 Å². The molecule has 0 radical (unpaired) electrons. The molecule has 6 heteroatoms. The summed E-state index contributed by atoms with van der Waals surface area (Å²) in [4.78, 5) is 29.3. The van der Waals surface area contributed by atoms with Crippen molar-refractivity contribution >= 4 is 35.0 Å². The van der Waals surface area contributed by atoms with Crippen LogP contribution >= 0.6 is 11.8 Å². The van der Waals surface area contributed by atoms with Gasteiger partial charge in [-0.25, -0.2) is 4.90 Å². The molecule has 0 saturated heterocycles. The Bertz CT molecular complexity index is 1170. The highest BCUT2D eigenvalue weighted by atomic mass is 32.2. The van der Waals surface area contributed by atoms with Crippen LogP contribution in [0.2, 0.25) is 0 Å². The highest BCUT2D eigenvalue weighted by Crippen LogP contribution is 2.38. The van der Waals surface area contributed by atoms with E-state index < -0.39 is 0 Å². The summed E-state index contributed by atoms with van der Waals surface area (Å²) in [6.45, 7) is 4.00. The van der Waals surface area contributed by atoms with Crippen LogP contribution in [-0.2, 0) is 9.59 Å². The Morgan fingerprint density at radius 1 is 0.839 bits per heavy atom. The number of thioether (sulfide) groups is 1. The minimum absolute atomic E-state index is 0.281. The molecule has 1 heterocycles. The Labute approximate surface area is 185 Å². The molecule has 1 N–H and O–H groups in total. The molecule has 0 aliphatic carbocycles. The van der Waals surface area contributed by atoms with Crippen molar-refractivity contribution in [3.05, 3.63) is 94.5 Å². The van der Waals surface area contributed by atoms with Gasteiger partial charge >= 0.3 is 0 Å². The zero-order chi connectivity index (χ0) is 22.0. The van der Waals surface area contributed by atoms with Crippen LogP contribution in [0.1, 0.15) is 11.1 Å². The highest BCUT2D eigenvalue weighted by molar-refractivity contribution is 8.04. The lowest BCUT2D eigenvalue weighted by molar-refractivity contribution is -0.120. The number of hydrogen-bond acceptors (Lipinski definition) is 5. The molecule has 0 atom stereocenters. The van der Waals surface area contributed by atoms with Gasteiger partial charge in [0.25, 0.3) is 11.8 Å². The molecule has 31 heavy (non-hydrogen) atoms. The number of methoxy groups -OCH3 is 1. The molecule has 3 aromatic carbocycles. The van der Waals surface area contributed by atoms with Gasteiger partial charge in [0.15, 0.2) is 0 Å². The monoisotopic (exact) mass is 430 g/mol. The van der Waals surface area contributed by atoms with E-state index in [-0.39, 0.29) is 17.5 Å². The minimum Gasteiger partial charge on any atom is -0.497 e. The summed E-state index contributed by atoms with van der Waals surface area (Å²) < 4.78 is 5.19. The third kappa shape index (κ3) is 4.07. The number of amides is 2. The molecule has 0 bridgehead atoms. The maximum Gasteiger partial charge on any atom is 0.283 e. The lowest BCUT2D eigenvalue weighted by Gasteiger charge is -2.16. The van der Waals surface area contributed by atoms with Gasteiger partial charge in [0.05, 0.1) is 12.8 Å². The fourth-order valence-corrected chi connectivity index (χ4v) is 4.26. The number of anilines is 2. The number of carbonyl (C=O) groups excluding carboxylic acids is 2. The van der Waals surface area contributed by atoms with E-state index in [1.807, 2.05) is 62.4 Å². The van der Waals surface area contributed by atoms with Crippen LogP contribution in [0, 0.1) is 13.8 Å². The van der Waals surface area contributed by atoms with Gasteiger partial charge in [-0.15, -0.1) is 0 Å². The SMILES string of the molecule is COc1ccc(N2C(=O)C(Nc3cccc(C)c3C)=C(Sc3ccccc3)C2=O)cc1. The highest BCUT2D eigenvalue weighted by Gasteiger charge is 2.40. The summed E-state index contributed by atoms with van der Waals surface area (Å²) in [5, 5.41) is 3.24. The molecule has 2 amide bonds. The van der Waals surface area contributed by atoms with Crippen molar-refractivity contribution in [2.24, 2.45) is 0 Å². The second-order valence-corrected chi connectivity index (χ2v) is 8.22. The molecule has 0 fully saturated rings. The molecule has 0 unspecified atom stereocenters. The second kappa shape index (κ2) is 8.70. The smallest absolute Gasteiger partial charge is 0.283 e. The zero-order valence-corrected chi connectivity index (χ0v) is 18.3. The average Bonchev–Trinajstić information content (AvgIpc) is 3.01. The van der Waals surface area contributed by atoms with Gasteiger partial charge in [0, 0.05) is 10.6 Å². The summed E-state index contributed by atoms with van der Waals surface area (Å²) in [5.41, 5.74) is 3.72. The van der Waals surface area contributed by atoms with E-state index >= 15 is 0 Å². The number of aryl methyl sites for hydroxylation is 1. The second-order valence-electron chi connectivity index (χ2n) is 7.14. The van der Waals surface area contributed by atoms with Gasteiger partial charge in [-0.05, 0) is 67.4 Å². The normalized spacial score (nSPS) is 13.7. The summed E-state index contributed by atoms with van der Waals surface area (Å²) >= 11 is 1.29. The molecule has 4 rings (SSSR count). The van der Waals surface area contributed by atoms with E-state index in [9.17, 15) is 9.59 Å². The van der Waals surface area contributed by atoms with Crippen LogP contribution in [-0.4, -0.2) is 18.9 Å². The van der Waals surface area contributed by atoms with Crippen molar-refractivity contribution in [1.82, 2.24) is 0 Å². The maximum atomic E-state index is 13.4.